The van der Waals surface area contributed by atoms with Gasteiger partial charge in [-0.05, 0) is 31.4 Å². The number of hydrogen-bond donors (Lipinski definition) is 1. The molecule has 112 valence electrons. The Labute approximate surface area is 126 Å². The van der Waals surface area contributed by atoms with E-state index in [9.17, 15) is 0 Å². The number of anilines is 3. The molecule has 0 amide bonds. The van der Waals surface area contributed by atoms with Gasteiger partial charge in [0, 0.05) is 19.3 Å². The molecule has 2 aromatic rings. The Morgan fingerprint density at radius 3 is 2.57 bits per heavy atom. The molecule has 5 heteroatoms. The largest absolute Gasteiger partial charge is 0.343 e. The Kier molecular flexibility index (Phi) is 5.09. The first-order chi connectivity index (χ1) is 10.1. The zero-order chi connectivity index (χ0) is 15.2. The van der Waals surface area contributed by atoms with Gasteiger partial charge in [-0.25, -0.2) is 0 Å². The molecule has 2 rings (SSSR count). The number of rotatable bonds is 6. The lowest BCUT2D eigenvalue weighted by Crippen LogP contribution is -2.21. The molecule has 1 heterocycles. The zero-order valence-corrected chi connectivity index (χ0v) is 13.2. The molecule has 0 aliphatic rings. The maximum absolute atomic E-state index is 4.54. The van der Waals surface area contributed by atoms with Crippen molar-refractivity contribution in [2.45, 2.75) is 33.6 Å². The average Bonchev–Trinajstić information content (AvgIpc) is 2.49. The molecule has 0 bridgehead atoms. The summed E-state index contributed by atoms with van der Waals surface area (Å²) in [5.41, 5.74) is 3.46. The summed E-state index contributed by atoms with van der Waals surface area (Å²) >= 11 is 0. The van der Waals surface area contributed by atoms with Crippen LogP contribution in [0.3, 0.4) is 0 Å². The number of nitrogens with one attached hydrogen (secondary N) is 1. The Morgan fingerprint density at radius 2 is 1.90 bits per heavy atom. The molecular weight excluding hydrogens is 262 g/mol. The molecule has 0 radical (unpaired) electrons. The predicted octanol–water partition coefficient (Wildman–Crippen LogP) is 3.47. The second kappa shape index (κ2) is 7.02. The summed E-state index contributed by atoms with van der Waals surface area (Å²) in [7, 11) is 2.00. The Balaban J connectivity index is 2.18. The summed E-state index contributed by atoms with van der Waals surface area (Å²) in [6.45, 7) is 7.27. The first kappa shape index (κ1) is 15.2. The minimum absolute atomic E-state index is 0.652. The highest BCUT2D eigenvalue weighted by molar-refractivity contribution is 5.64. The van der Waals surface area contributed by atoms with Crippen LogP contribution >= 0.6 is 0 Å². The van der Waals surface area contributed by atoms with Gasteiger partial charge < -0.3 is 10.2 Å². The fraction of sp³-hybridized carbons (Fsp3) is 0.438. The lowest BCUT2D eigenvalue weighted by Gasteiger charge is -2.17. The van der Waals surface area contributed by atoms with E-state index in [1.165, 1.54) is 11.1 Å². The monoisotopic (exact) mass is 285 g/mol. The maximum Gasteiger partial charge on any atom is 0.247 e. The van der Waals surface area contributed by atoms with E-state index in [1.807, 2.05) is 11.9 Å². The summed E-state index contributed by atoms with van der Waals surface area (Å²) < 4.78 is 0. The lowest BCUT2D eigenvalue weighted by molar-refractivity contribution is 0.741. The van der Waals surface area contributed by atoms with Crippen molar-refractivity contribution >= 4 is 17.5 Å². The summed E-state index contributed by atoms with van der Waals surface area (Å²) in [6.07, 6.45) is 3.93. The number of para-hydroxylation sites is 1. The Hall–Kier alpha value is -2.17. The minimum Gasteiger partial charge on any atom is -0.343 e. The first-order valence-electron chi connectivity index (χ1n) is 7.36. The molecule has 0 saturated heterocycles. The van der Waals surface area contributed by atoms with Crippen molar-refractivity contribution in [3.63, 3.8) is 0 Å². The van der Waals surface area contributed by atoms with Gasteiger partial charge in [0.1, 0.15) is 0 Å². The van der Waals surface area contributed by atoms with Gasteiger partial charge in [0.25, 0.3) is 0 Å². The number of unbranched alkanes of at least 4 members (excludes halogenated alkanes) is 1. The van der Waals surface area contributed by atoms with E-state index in [0.717, 1.165) is 30.9 Å². The van der Waals surface area contributed by atoms with Crippen LogP contribution in [0.2, 0.25) is 0 Å². The van der Waals surface area contributed by atoms with Crippen molar-refractivity contribution in [3.8, 4) is 0 Å². The smallest absolute Gasteiger partial charge is 0.247 e. The molecule has 0 aliphatic heterocycles. The Morgan fingerprint density at radius 1 is 1.19 bits per heavy atom. The van der Waals surface area contributed by atoms with Crippen LogP contribution in [0.15, 0.2) is 24.4 Å². The number of aryl methyl sites for hydroxylation is 2. The average molecular weight is 285 g/mol. The molecule has 5 nitrogen and oxygen atoms in total. The molecule has 0 unspecified atom stereocenters. The van der Waals surface area contributed by atoms with Crippen LogP contribution in [0.25, 0.3) is 0 Å². The van der Waals surface area contributed by atoms with Crippen LogP contribution in [0.4, 0.5) is 17.5 Å². The third-order valence-corrected chi connectivity index (χ3v) is 3.47. The second-order valence-electron chi connectivity index (χ2n) is 5.31. The number of aromatic nitrogens is 3. The Bertz CT molecular complexity index is 577. The van der Waals surface area contributed by atoms with E-state index in [-0.39, 0.29) is 0 Å². The van der Waals surface area contributed by atoms with Gasteiger partial charge in [-0.3, -0.25) is 0 Å². The van der Waals surface area contributed by atoms with Crippen LogP contribution in [0.1, 0.15) is 30.9 Å². The summed E-state index contributed by atoms with van der Waals surface area (Å²) in [5.74, 6) is 1.38. The van der Waals surface area contributed by atoms with Crippen molar-refractivity contribution in [2.24, 2.45) is 0 Å². The second-order valence-corrected chi connectivity index (χ2v) is 5.31. The van der Waals surface area contributed by atoms with E-state index < -0.39 is 0 Å². The van der Waals surface area contributed by atoms with Crippen LogP contribution in [-0.2, 0) is 0 Å². The van der Waals surface area contributed by atoms with Crippen molar-refractivity contribution in [2.75, 3.05) is 23.8 Å². The summed E-state index contributed by atoms with van der Waals surface area (Å²) in [6, 6.07) is 6.22. The normalized spacial score (nSPS) is 10.5. The molecule has 0 atom stereocenters. The SMILES string of the molecule is CCCCN(C)c1nncc(Nc2c(C)cccc2C)n1. The van der Waals surface area contributed by atoms with Crippen LogP contribution < -0.4 is 10.2 Å². The molecule has 21 heavy (non-hydrogen) atoms. The number of nitrogens with zero attached hydrogens (tertiary/aromatic N) is 4. The molecule has 0 spiro atoms. The molecule has 1 N–H and O–H groups in total. The van der Waals surface area contributed by atoms with E-state index >= 15 is 0 Å². The summed E-state index contributed by atoms with van der Waals surface area (Å²) in [5, 5.41) is 11.5. The third kappa shape index (κ3) is 3.90. The van der Waals surface area contributed by atoms with Crippen molar-refractivity contribution in [1.82, 2.24) is 15.2 Å². The molecule has 0 aliphatic carbocycles. The lowest BCUT2D eigenvalue weighted by atomic mass is 10.1. The topological polar surface area (TPSA) is 53.9 Å². The molecule has 0 fully saturated rings. The van der Waals surface area contributed by atoms with Crippen LogP contribution in [0.5, 0.6) is 0 Å². The molecule has 1 aromatic heterocycles. The fourth-order valence-electron chi connectivity index (χ4n) is 2.15. The highest BCUT2D eigenvalue weighted by Crippen LogP contribution is 2.23. The van der Waals surface area contributed by atoms with E-state index in [2.05, 4.69) is 59.5 Å². The number of benzene rings is 1. The standard InChI is InChI=1S/C16H23N5/c1-5-6-10-21(4)16-19-14(11-17-20-16)18-15-12(2)8-7-9-13(15)3/h7-9,11H,5-6,10H2,1-4H3,(H,18,19,20). The number of hydrogen-bond acceptors (Lipinski definition) is 5. The van der Waals surface area contributed by atoms with Crippen molar-refractivity contribution < 1.29 is 0 Å². The molecule has 1 aromatic carbocycles. The van der Waals surface area contributed by atoms with Gasteiger partial charge in [-0.1, -0.05) is 31.5 Å². The first-order valence-corrected chi connectivity index (χ1v) is 7.36. The van der Waals surface area contributed by atoms with Crippen LogP contribution in [0, 0.1) is 13.8 Å². The quantitative estimate of drug-likeness (QED) is 0.880. The van der Waals surface area contributed by atoms with Gasteiger partial charge >= 0.3 is 0 Å². The van der Waals surface area contributed by atoms with Gasteiger partial charge in [0.2, 0.25) is 5.95 Å². The summed E-state index contributed by atoms with van der Waals surface area (Å²) in [4.78, 5) is 6.58. The van der Waals surface area contributed by atoms with Crippen molar-refractivity contribution in [3.05, 3.63) is 35.5 Å². The van der Waals surface area contributed by atoms with Gasteiger partial charge in [-0.15, -0.1) is 5.10 Å². The molecular formula is C16H23N5. The fourth-order valence-corrected chi connectivity index (χ4v) is 2.15. The predicted molar refractivity (Wildman–Crippen MR) is 87.2 cm³/mol. The highest BCUT2D eigenvalue weighted by atomic mass is 15.3. The van der Waals surface area contributed by atoms with E-state index in [4.69, 9.17) is 0 Å². The maximum atomic E-state index is 4.54. The minimum atomic E-state index is 0.652. The highest BCUT2D eigenvalue weighted by Gasteiger charge is 2.08. The van der Waals surface area contributed by atoms with E-state index in [0.29, 0.717) is 5.95 Å². The van der Waals surface area contributed by atoms with E-state index in [1.54, 1.807) is 6.20 Å². The van der Waals surface area contributed by atoms with Gasteiger partial charge in [-0.2, -0.15) is 10.1 Å². The molecule has 0 saturated carbocycles. The van der Waals surface area contributed by atoms with Gasteiger partial charge in [0.05, 0.1) is 6.20 Å². The van der Waals surface area contributed by atoms with Crippen LogP contribution in [-0.4, -0.2) is 28.8 Å². The third-order valence-electron chi connectivity index (χ3n) is 3.47. The zero-order valence-electron chi connectivity index (χ0n) is 13.2. The van der Waals surface area contributed by atoms with Gasteiger partial charge in [0.15, 0.2) is 5.82 Å². The van der Waals surface area contributed by atoms with Crippen molar-refractivity contribution in [1.29, 1.82) is 0 Å².